The lowest BCUT2D eigenvalue weighted by atomic mass is 10.0. The second-order valence-corrected chi connectivity index (χ2v) is 6.03. The van der Waals surface area contributed by atoms with E-state index in [0.29, 0.717) is 0 Å². The van der Waals surface area contributed by atoms with Gasteiger partial charge in [0.05, 0.1) is 18.5 Å². The molecule has 0 aliphatic rings. The van der Waals surface area contributed by atoms with Gasteiger partial charge in [-0.1, -0.05) is 28.1 Å². The van der Waals surface area contributed by atoms with Gasteiger partial charge in [0.1, 0.15) is 5.60 Å². The zero-order chi connectivity index (χ0) is 14.5. The number of nitrogens with one attached hydrogen (secondary N) is 1. The second kappa shape index (κ2) is 6.58. The van der Waals surface area contributed by atoms with Crippen molar-refractivity contribution in [2.75, 3.05) is 0 Å². The van der Waals surface area contributed by atoms with E-state index in [1.165, 1.54) is 0 Å². The highest BCUT2D eigenvalue weighted by atomic mass is 79.9. The molecule has 0 bridgehead atoms. The van der Waals surface area contributed by atoms with Gasteiger partial charge in [0, 0.05) is 4.47 Å². The summed E-state index contributed by atoms with van der Waals surface area (Å²) in [6.07, 6.45) is -0.330. The van der Waals surface area contributed by atoms with E-state index in [1.54, 1.807) is 20.8 Å². The number of halogens is 1. The number of nitriles is 1. The fourth-order valence-corrected chi connectivity index (χ4v) is 1.93. The van der Waals surface area contributed by atoms with E-state index >= 15 is 0 Å². The van der Waals surface area contributed by atoms with Gasteiger partial charge in [0.25, 0.3) is 0 Å². The van der Waals surface area contributed by atoms with Crippen LogP contribution in [0.15, 0.2) is 28.7 Å². The zero-order valence-electron chi connectivity index (χ0n) is 11.2. The molecule has 0 saturated heterocycles. The van der Waals surface area contributed by atoms with E-state index in [0.717, 1.165) is 10.0 Å². The van der Waals surface area contributed by atoms with Crippen LogP contribution in [0.4, 0.5) is 4.79 Å². The van der Waals surface area contributed by atoms with Crippen molar-refractivity contribution >= 4 is 22.0 Å². The van der Waals surface area contributed by atoms with Crippen LogP contribution >= 0.6 is 15.9 Å². The number of hydrogen-bond donors (Lipinski definition) is 1. The molecular formula is C14H17BrN2O2. The minimum atomic E-state index is -0.557. The molecule has 0 radical (unpaired) electrons. The van der Waals surface area contributed by atoms with Gasteiger partial charge >= 0.3 is 6.09 Å². The van der Waals surface area contributed by atoms with Crippen LogP contribution in [0.25, 0.3) is 0 Å². The molecule has 4 nitrogen and oxygen atoms in total. The van der Waals surface area contributed by atoms with Crippen LogP contribution < -0.4 is 5.32 Å². The van der Waals surface area contributed by atoms with Crippen LogP contribution in [0.5, 0.6) is 0 Å². The summed E-state index contributed by atoms with van der Waals surface area (Å²) in [5, 5.41) is 11.6. The Labute approximate surface area is 121 Å². The van der Waals surface area contributed by atoms with Gasteiger partial charge in [-0.25, -0.2) is 4.79 Å². The van der Waals surface area contributed by atoms with E-state index in [2.05, 4.69) is 27.3 Å². The maximum atomic E-state index is 11.7. The molecule has 1 aromatic rings. The lowest BCUT2D eigenvalue weighted by molar-refractivity contribution is 0.0504. The second-order valence-electron chi connectivity index (χ2n) is 5.12. The fourth-order valence-electron chi connectivity index (χ4n) is 1.52. The molecule has 1 N–H and O–H groups in total. The average molecular weight is 325 g/mol. The van der Waals surface area contributed by atoms with Crippen LogP contribution in [-0.4, -0.2) is 11.7 Å². The van der Waals surface area contributed by atoms with Crippen LogP contribution in [0.2, 0.25) is 0 Å². The number of nitrogens with zero attached hydrogens (tertiary/aromatic N) is 1. The van der Waals surface area contributed by atoms with E-state index < -0.39 is 11.7 Å². The maximum Gasteiger partial charge on any atom is 0.408 e. The third-order valence-electron chi connectivity index (χ3n) is 2.24. The van der Waals surface area contributed by atoms with Crippen molar-refractivity contribution in [3.8, 4) is 6.07 Å². The van der Waals surface area contributed by atoms with E-state index in [9.17, 15) is 4.79 Å². The fraction of sp³-hybridized carbons (Fsp3) is 0.429. The molecule has 0 unspecified atom stereocenters. The summed E-state index contributed by atoms with van der Waals surface area (Å²) in [7, 11) is 0. The molecular weight excluding hydrogens is 308 g/mol. The molecule has 0 aliphatic carbocycles. The van der Waals surface area contributed by atoms with Gasteiger partial charge in [-0.2, -0.15) is 5.26 Å². The van der Waals surface area contributed by atoms with Crippen LogP contribution in [0, 0.1) is 11.3 Å². The highest BCUT2D eigenvalue weighted by Crippen LogP contribution is 2.21. The molecule has 0 fully saturated rings. The number of rotatable bonds is 3. The van der Waals surface area contributed by atoms with Crippen LogP contribution in [0.1, 0.15) is 38.8 Å². The van der Waals surface area contributed by atoms with Gasteiger partial charge in [0.15, 0.2) is 0 Å². The van der Waals surface area contributed by atoms with Crippen molar-refractivity contribution in [1.82, 2.24) is 5.32 Å². The van der Waals surface area contributed by atoms with Gasteiger partial charge in [-0.15, -0.1) is 0 Å². The summed E-state index contributed by atoms with van der Waals surface area (Å²) >= 11 is 3.37. The molecule has 0 spiro atoms. The Morgan fingerprint density at radius 1 is 1.53 bits per heavy atom. The van der Waals surface area contributed by atoms with Crippen molar-refractivity contribution in [3.05, 3.63) is 34.3 Å². The zero-order valence-corrected chi connectivity index (χ0v) is 12.8. The molecule has 102 valence electrons. The first kappa shape index (κ1) is 15.5. The third-order valence-corrected chi connectivity index (χ3v) is 2.73. The summed E-state index contributed by atoms with van der Waals surface area (Å²) in [5.41, 5.74) is 0.306. The predicted octanol–water partition coefficient (Wildman–Crippen LogP) is 3.93. The number of carbonyl (C=O) groups excluding carboxylic acids is 1. The van der Waals surface area contributed by atoms with Crippen molar-refractivity contribution in [3.63, 3.8) is 0 Å². The Morgan fingerprint density at radius 3 is 2.74 bits per heavy atom. The van der Waals surface area contributed by atoms with Crippen molar-refractivity contribution in [1.29, 1.82) is 5.26 Å². The Balaban J connectivity index is 2.79. The standard InChI is InChI=1S/C14H17BrN2O2/c1-14(2,3)19-13(18)17-12(7-8-16)10-5-4-6-11(15)9-10/h4-6,9,12H,7H2,1-3H3,(H,17,18)/t12-/m1/s1. The maximum absolute atomic E-state index is 11.7. The molecule has 5 heteroatoms. The van der Waals surface area contributed by atoms with E-state index in [1.807, 2.05) is 24.3 Å². The number of ether oxygens (including phenoxy) is 1. The lowest BCUT2D eigenvalue weighted by Gasteiger charge is -2.23. The first-order valence-electron chi connectivity index (χ1n) is 5.94. The summed E-state index contributed by atoms with van der Waals surface area (Å²) in [6, 6.07) is 9.18. The summed E-state index contributed by atoms with van der Waals surface area (Å²) in [5.74, 6) is 0. The normalized spacial score (nSPS) is 12.4. The Bertz CT molecular complexity index is 489. The molecule has 1 rings (SSSR count). The van der Waals surface area contributed by atoms with Crippen molar-refractivity contribution in [2.24, 2.45) is 0 Å². The largest absolute Gasteiger partial charge is 0.444 e. The van der Waals surface area contributed by atoms with Crippen molar-refractivity contribution in [2.45, 2.75) is 38.8 Å². The number of benzene rings is 1. The molecule has 0 aliphatic heterocycles. The van der Waals surface area contributed by atoms with E-state index in [4.69, 9.17) is 10.00 Å². The Hall–Kier alpha value is -1.54. The smallest absolute Gasteiger partial charge is 0.408 e. The number of amides is 1. The molecule has 0 heterocycles. The van der Waals surface area contributed by atoms with Crippen LogP contribution in [-0.2, 0) is 4.74 Å². The minimum absolute atomic E-state index is 0.190. The highest BCUT2D eigenvalue weighted by molar-refractivity contribution is 9.10. The monoisotopic (exact) mass is 324 g/mol. The summed E-state index contributed by atoms with van der Waals surface area (Å²) in [6.45, 7) is 5.39. The van der Waals surface area contributed by atoms with E-state index in [-0.39, 0.29) is 12.5 Å². The Morgan fingerprint density at radius 2 is 2.21 bits per heavy atom. The van der Waals surface area contributed by atoms with Gasteiger partial charge in [-0.3, -0.25) is 0 Å². The summed E-state index contributed by atoms with van der Waals surface area (Å²) < 4.78 is 6.10. The highest BCUT2D eigenvalue weighted by Gasteiger charge is 2.20. The van der Waals surface area contributed by atoms with Gasteiger partial charge < -0.3 is 10.1 Å². The Kier molecular flexibility index (Phi) is 5.37. The SMILES string of the molecule is CC(C)(C)OC(=O)N[C@H](CC#N)c1cccc(Br)c1. The number of carbonyl (C=O) groups is 1. The summed E-state index contributed by atoms with van der Waals surface area (Å²) in [4.78, 5) is 11.7. The van der Waals surface area contributed by atoms with Gasteiger partial charge in [0.2, 0.25) is 0 Å². The molecule has 0 aromatic heterocycles. The molecule has 0 saturated carbocycles. The van der Waals surface area contributed by atoms with Crippen molar-refractivity contribution < 1.29 is 9.53 Å². The number of alkyl carbamates (subject to hydrolysis) is 1. The molecule has 1 aromatic carbocycles. The lowest BCUT2D eigenvalue weighted by Crippen LogP contribution is -2.34. The van der Waals surface area contributed by atoms with Crippen LogP contribution in [0.3, 0.4) is 0 Å². The molecule has 19 heavy (non-hydrogen) atoms. The third kappa shape index (κ3) is 5.75. The predicted molar refractivity (Wildman–Crippen MR) is 76.5 cm³/mol. The van der Waals surface area contributed by atoms with Gasteiger partial charge in [-0.05, 0) is 38.5 Å². The number of hydrogen-bond acceptors (Lipinski definition) is 3. The minimum Gasteiger partial charge on any atom is -0.444 e. The topological polar surface area (TPSA) is 62.1 Å². The first-order valence-corrected chi connectivity index (χ1v) is 6.73. The molecule has 1 amide bonds. The quantitative estimate of drug-likeness (QED) is 0.916. The average Bonchev–Trinajstić information content (AvgIpc) is 2.26. The first-order chi connectivity index (χ1) is 8.81. The molecule has 1 atom stereocenters.